The molecule has 0 saturated heterocycles. The minimum atomic E-state index is -0.226. The van der Waals surface area contributed by atoms with Crippen LogP contribution in [0.4, 0.5) is 4.39 Å². The van der Waals surface area contributed by atoms with Gasteiger partial charge in [0.15, 0.2) is 0 Å². The monoisotopic (exact) mass is 299 g/mol. The quantitative estimate of drug-likeness (QED) is 0.920. The van der Waals surface area contributed by atoms with Crippen molar-refractivity contribution in [2.75, 3.05) is 7.11 Å². The first-order valence-electron chi connectivity index (χ1n) is 7.34. The number of ether oxygens (including phenoxy) is 1. The molecule has 0 heterocycles. The van der Waals surface area contributed by atoms with Gasteiger partial charge in [-0.3, -0.25) is 4.79 Å². The van der Waals surface area contributed by atoms with E-state index in [2.05, 4.69) is 5.32 Å². The molecule has 1 aliphatic carbocycles. The molecule has 2 aromatic rings. The van der Waals surface area contributed by atoms with Crippen molar-refractivity contribution in [3.8, 4) is 5.75 Å². The van der Waals surface area contributed by atoms with E-state index in [1.807, 2.05) is 30.3 Å². The van der Waals surface area contributed by atoms with Gasteiger partial charge in [-0.15, -0.1) is 0 Å². The molecule has 1 fully saturated rings. The Morgan fingerprint density at radius 3 is 2.86 bits per heavy atom. The second kappa shape index (κ2) is 6.18. The first-order valence-corrected chi connectivity index (χ1v) is 7.34. The minimum Gasteiger partial charge on any atom is -0.497 e. The number of carbonyl (C=O) groups is 1. The van der Waals surface area contributed by atoms with Crippen LogP contribution in [-0.2, 0) is 11.3 Å². The van der Waals surface area contributed by atoms with Gasteiger partial charge < -0.3 is 10.1 Å². The molecule has 1 saturated carbocycles. The van der Waals surface area contributed by atoms with Crippen LogP contribution in [0.15, 0.2) is 48.5 Å². The highest BCUT2D eigenvalue weighted by atomic mass is 19.1. The summed E-state index contributed by atoms with van der Waals surface area (Å²) in [4.78, 5) is 12.2. The molecule has 0 bridgehead atoms. The van der Waals surface area contributed by atoms with E-state index in [0.717, 1.165) is 11.3 Å². The molecule has 4 heteroatoms. The van der Waals surface area contributed by atoms with Crippen LogP contribution in [0.5, 0.6) is 5.75 Å². The fraction of sp³-hybridized carbons (Fsp3) is 0.278. The summed E-state index contributed by atoms with van der Waals surface area (Å²) in [6, 6.07) is 14.3. The summed E-state index contributed by atoms with van der Waals surface area (Å²) in [6.45, 7) is 0.455. The van der Waals surface area contributed by atoms with Gasteiger partial charge in [-0.1, -0.05) is 30.3 Å². The topological polar surface area (TPSA) is 38.3 Å². The fourth-order valence-electron chi connectivity index (χ4n) is 2.71. The van der Waals surface area contributed by atoms with E-state index in [0.29, 0.717) is 18.5 Å². The van der Waals surface area contributed by atoms with Gasteiger partial charge in [-0.05, 0) is 41.7 Å². The van der Waals surface area contributed by atoms with E-state index in [1.54, 1.807) is 19.2 Å². The summed E-state index contributed by atoms with van der Waals surface area (Å²) >= 11 is 0. The van der Waals surface area contributed by atoms with E-state index in [1.165, 1.54) is 6.07 Å². The molecule has 0 aromatic heterocycles. The van der Waals surface area contributed by atoms with E-state index in [4.69, 9.17) is 4.74 Å². The third-order valence-corrected chi connectivity index (χ3v) is 4.03. The van der Waals surface area contributed by atoms with Gasteiger partial charge >= 0.3 is 0 Å². The van der Waals surface area contributed by atoms with Crippen LogP contribution in [0.2, 0.25) is 0 Å². The predicted molar refractivity (Wildman–Crippen MR) is 82.1 cm³/mol. The van der Waals surface area contributed by atoms with Gasteiger partial charge in [-0.25, -0.2) is 4.39 Å². The minimum absolute atomic E-state index is 0.00603. The van der Waals surface area contributed by atoms with Crippen LogP contribution in [0.3, 0.4) is 0 Å². The highest BCUT2D eigenvalue weighted by Crippen LogP contribution is 2.48. The highest BCUT2D eigenvalue weighted by Gasteiger charge is 2.44. The number of benzene rings is 2. The third-order valence-electron chi connectivity index (χ3n) is 4.03. The second-order valence-corrected chi connectivity index (χ2v) is 5.54. The fourth-order valence-corrected chi connectivity index (χ4v) is 2.71. The molecular formula is C18H18FNO2. The lowest BCUT2D eigenvalue weighted by molar-refractivity contribution is -0.122. The Morgan fingerprint density at radius 2 is 2.09 bits per heavy atom. The standard InChI is InChI=1S/C18H18FNO2/c1-22-13-6-4-5-12(9-13)11-20-18(21)16-10-15(16)14-7-2-3-8-17(14)19/h2-9,15-16H,10-11H2,1H3,(H,20,21). The first-order chi connectivity index (χ1) is 10.7. The van der Waals surface area contributed by atoms with E-state index in [-0.39, 0.29) is 23.6 Å². The number of hydrogen-bond donors (Lipinski definition) is 1. The number of carbonyl (C=O) groups excluding carboxylic acids is 1. The second-order valence-electron chi connectivity index (χ2n) is 5.54. The maximum absolute atomic E-state index is 13.7. The van der Waals surface area contributed by atoms with Gasteiger partial charge in [0.25, 0.3) is 0 Å². The SMILES string of the molecule is COc1cccc(CNC(=O)C2CC2c2ccccc2F)c1. The zero-order chi connectivity index (χ0) is 15.5. The predicted octanol–water partition coefficient (Wildman–Crippen LogP) is 3.25. The van der Waals surface area contributed by atoms with Gasteiger partial charge in [-0.2, -0.15) is 0 Å². The lowest BCUT2D eigenvalue weighted by Crippen LogP contribution is -2.24. The van der Waals surface area contributed by atoms with Crippen LogP contribution in [-0.4, -0.2) is 13.0 Å². The summed E-state index contributed by atoms with van der Waals surface area (Å²) in [7, 11) is 1.61. The molecule has 22 heavy (non-hydrogen) atoms. The van der Waals surface area contributed by atoms with E-state index < -0.39 is 0 Å². The summed E-state index contributed by atoms with van der Waals surface area (Å²) in [5, 5.41) is 2.91. The van der Waals surface area contributed by atoms with E-state index in [9.17, 15) is 9.18 Å². The Morgan fingerprint density at radius 1 is 1.27 bits per heavy atom. The molecule has 2 atom stereocenters. The van der Waals surface area contributed by atoms with E-state index >= 15 is 0 Å². The number of halogens is 1. The van der Waals surface area contributed by atoms with Gasteiger partial charge in [0, 0.05) is 12.5 Å². The zero-order valence-corrected chi connectivity index (χ0v) is 12.4. The Labute approximate surface area is 129 Å². The molecule has 0 aliphatic heterocycles. The highest BCUT2D eigenvalue weighted by molar-refractivity contribution is 5.82. The van der Waals surface area contributed by atoms with Crippen LogP contribution in [0.1, 0.15) is 23.5 Å². The summed E-state index contributed by atoms with van der Waals surface area (Å²) in [6.07, 6.45) is 0.713. The Kier molecular flexibility index (Phi) is 4.09. The molecule has 114 valence electrons. The maximum Gasteiger partial charge on any atom is 0.224 e. The largest absolute Gasteiger partial charge is 0.497 e. The van der Waals surface area contributed by atoms with Crippen molar-refractivity contribution in [1.29, 1.82) is 0 Å². The number of hydrogen-bond acceptors (Lipinski definition) is 2. The van der Waals surface area contributed by atoms with Gasteiger partial charge in [0.2, 0.25) is 5.91 Å². The normalized spacial score (nSPS) is 19.5. The number of methoxy groups -OCH3 is 1. The van der Waals surface area contributed by atoms with Crippen molar-refractivity contribution in [2.24, 2.45) is 5.92 Å². The summed E-state index contributed by atoms with van der Waals surface area (Å²) in [5.41, 5.74) is 1.62. The molecule has 0 radical (unpaired) electrons. The Balaban J connectivity index is 1.57. The third kappa shape index (κ3) is 3.11. The number of nitrogens with one attached hydrogen (secondary N) is 1. The van der Waals surface area contributed by atoms with Crippen LogP contribution in [0.25, 0.3) is 0 Å². The Hall–Kier alpha value is -2.36. The van der Waals surface area contributed by atoms with Gasteiger partial charge in [0.1, 0.15) is 11.6 Å². The number of amides is 1. The molecular weight excluding hydrogens is 281 g/mol. The van der Waals surface area contributed by atoms with Crippen molar-refractivity contribution < 1.29 is 13.9 Å². The van der Waals surface area contributed by atoms with Crippen molar-refractivity contribution in [1.82, 2.24) is 5.32 Å². The van der Waals surface area contributed by atoms with Crippen LogP contribution < -0.4 is 10.1 Å². The van der Waals surface area contributed by atoms with Crippen molar-refractivity contribution in [3.05, 3.63) is 65.5 Å². The van der Waals surface area contributed by atoms with Crippen LogP contribution >= 0.6 is 0 Å². The zero-order valence-electron chi connectivity index (χ0n) is 12.4. The van der Waals surface area contributed by atoms with Crippen LogP contribution in [0, 0.1) is 11.7 Å². The lowest BCUT2D eigenvalue weighted by atomic mass is 10.1. The average molecular weight is 299 g/mol. The molecule has 2 unspecified atom stereocenters. The van der Waals surface area contributed by atoms with Crippen molar-refractivity contribution in [2.45, 2.75) is 18.9 Å². The lowest BCUT2D eigenvalue weighted by Gasteiger charge is -2.07. The molecule has 3 nitrogen and oxygen atoms in total. The molecule has 1 N–H and O–H groups in total. The van der Waals surface area contributed by atoms with Crippen molar-refractivity contribution in [3.63, 3.8) is 0 Å². The molecule has 3 rings (SSSR count). The van der Waals surface area contributed by atoms with Gasteiger partial charge in [0.05, 0.1) is 7.11 Å². The number of rotatable bonds is 5. The summed E-state index contributed by atoms with van der Waals surface area (Å²) < 4.78 is 18.9. The smallest absolute Gasteiger partial charge is 0.224 e. The summed E-state index contributed by atoms with van der Waals surface area (Å²) in [5.74, 6) is 0.406. The maximum atomic E-state index is 13.7. The van der Waals surface area contributed by atoms with Crippen molar-refractivity contribution >= 4 is 5.91 Å². The first kappa shape index (κ1) is 14.6. The molecule has 1 aliphatic rings. The molecule has 1 amide bonds. The average Bonchev–Trinajstić information content (AvgIpc) is 3.34. The Bertz CT molecular complexity index is 686. The molecule has 2 aromatic carbocycles. The molecule has 0 spiro atoms.